The molecular formula is C26H27N3O5S. The molecule has 2 aliphatic rings. The second kappa shape index (κ2) is 10.7. The maximum atomic E-state index is 12.9. The number of esters is 1. The third-order valence-corrected chi connectivity index (χ3v) is 6.70. The van der Waals surface area contributed by atoms with Crippen LogP contribution in [0.1, 0.15) is 30.5 Å². The quantitative estimate of drug-likeness (QED) is 0.553. The van der Waals surface area contributed by atoms with Gasteiger partial charge in [-0.05, 0) is 30.0 Å². The number of hydrogen-bond acceptors (Lipinski definition) is 8. The number of aliphatic imine (C=N–C) groups is 1. The highest BCUT2D eigenvalue weighted by molar-refractivity contribution is 8.16. The molecule has 0 unspecified atom stereocenters. The molecule has 0 fully saturated rings. The van der Waals surface area contributed by atoms with Crippen LogP contribution in [0.2, 0.25) is 0 Å². The lowest BCUT2D eigenvalue weighted by atomic mass is 9.93. The van der Waals surface area contributed by atoms with Crippen molar-refractivity contribution in [1.82, 2.24) is 10.2 Å². The van der Waals surface area contributed by atoms with E-state index in [0.717, 1.165) is 16.8 Å². The first-order chi connectivity index (χ1) is 17.0. The van der Waals surface area contributed by atoms with E-state index in [1.54, 1.807) is 27.2 Å². The molecule has 0 radical (unpaired) electrons. The fraction of sp³-hybridized carbons (Fsp3) is 0.269. The molecule has 2 aliphatic heterocycles. The van der Waals surface area contributed by atoms with Gasteiger partial charge in [0.1, 0.15) is 11.5 Å². The van der Waals surface area contributed by atoms with E-state index in [2.05, 4.69) is 10.3 Å². The topological polar surface area (TPSA) is 89.5 Å². The number of allylic oxidation sites excluding steroid dienone is 1. The van der Waals surface area contributed by atoms with E-state index < -0.39 is 12.0 Å². The number of nitrogens with one attached hydrogen (secondary N) is 1. The van der Waals surface area contributed by atoms with Gasteiger partial charge in [0.2, 0.25) is 5.91 Å². The highest BCUT2D eigenvalue weighted by Gasteiger charge is 2.42. The van der Waals surface area contributed by atoms with Crippen molar-refractivity contribution in [2.75, 3.05) is 21.3 Å². The Morgan fingerprint density at radius 1 is 1.09 bits per heavy atom. The number of ether oxygens (including phenoxy) is 3. The molecule has 35 heavy (non-hydrogen) atoms. The Balaban J connectivity index is 1.67. The SMILES string of the molecule is COC(=O)C1=C(C)N=C2SC=C(CC(=O)NCc3ccccc3)N2[C@H]1c1ccc(OC)cc1OC. The normalized spacial score (nSPS) is 16.8. The van der Waals surface area contributed by atoms with Gasteiger partial charge in [0.05, 0.1) is 45.1 Å². The number of nitrogens with zero attached hydrogens (tertiary/aromatic N) is 2. The van der Waals surface area contributed by atoms with Gasteiger partial charge >= 0.3 is 5.97 Å². The first-order valence-corrected chi connectivity index (χ1v) is 11.9. The number of carbonyl (C=O) groups is 2. The van der Waals surface area contributed by atoms with Crippen LogP contribution >= 0.6 is 11.8 Å². The minimum atomic E-state index is -0.584. The van der Waals surface area contributed by atoms with Crippen molar-refractivity contribution in [2.24, 2.45) is 4.99 Å². The second-order valence-electron chi connectivity index (χ2n) is 7.93. The zero-order valence-electron chi connectivity index (χ0n) is 20.0. The lowest BCUT2D eigenvalue weighted by molar-refractivity contribution is -0.136. The predicted octanol–water partition coefficient (Wildman–Crippen LogP) is 4.16. The number of methoxy groups -OCH3 is 3. The van der Waals surface area contributed by atoms with Gasteiger partial charge in [-0.25, -0.2) is 9.79 Å². The van der Waals surface area contributed by atoms with Gasteiger partial charge in [-0.2, -0.15) is 0 Å². The first-order valence-electron chi connectivity index (χ1n) is 11.0. The molecule has 0 saturated carbocycles. The first kappa shape index (κ1) is 24.4. The van der Waals surface area contributed by atoms with Crippen molar-refractivity contribution in [1.29, 1.82) is 0 Å². The molecule has 2 heterocycles. The molecule has 1 amide bonds. The number of thioether (sulfide) groups is 1. The highest BCUT2D eigenvalue weighted by Crippen LogP contribution is 2.47. The molecule has 0 spiro atoms. The minimum Gasteiger partial charge on any atom is -0.497 e. The van der Waals surface area contributed by atoms with Crippen LogP contribution in [-0.2, 0) is 20.9 Å². The molecule has 1 N–H and O–H groups in total. The van der Waals surface area contributed by atoms with E-state index in [9.17, 15) is 9.59 Å². The lowest BCUT2D eigenvalue weighted by Gasteiger charge is -2.36. The monoisotopic (exact) mass is 493 g/mol. The van der Waals surface area contributed by atoms with Crippen molar-refractivity contribution in [3.63, 3.8) is 0 Å². The van der Waals surface area contributed by atoms with Crippen molar-refractivity contribution >= 4 is 28.8 Å². The maximum Gasteiger partial charge on any atom is 0.338 e. The van der Waals surface area contributed by atoms with Crippen LogP contribution < -0.4 is 14.8 Å². The summed E-state index contributed by atoms with van der Waals surface area (Å²) in [6, 6.07) is 14.6. The maximum absolute atomic E-state index is 12.9. The van der Waals surface area contributed by atoms with E-state index in [1.807, 2.05) is 52.8 Å². The van der Waals surface area contributed by atoms with Crippen molar-refractivity contribution < 1.29 is 23.8 Å². The Morgan fingerprint density at radius 2 is 1.86 bits per heavy atom. The van der Waals surface area contributed by atoms with Crippen molar-refractivity contribution in [3.8, 4) is 11.5 Å². The number of amidine groups is 1. The summed E-state index contributed by atoms with van der Waals surface area (Å²) in [6.45, 7) is 2.22. The fourth-order valence-electron chi connectivity index (χ4n) is 4.10. The number of benzene rings is 2. The van der Waals surface area contributed by atoms with Gasteiger partial charge in [-0.3, -0.25) is 4.79 Å². The largest absolute Gasteiger partial charge is 0.497 e. The molecule has 182 valence electrons. The molecular weight excluding hydrogens is 466 g/mol. The molecule has 4 rings (SSSR count). The summed E-state index contributed by atoms with van der Waals surface area (Å²) < 4.78 is 16.1. The molecule has 9 heteroatoms. The second-order valence-corrected chi connectivity index (χ2v) is 8.77. The van der Waals surface area contributed by atoms with Crippen LogP contribution in [0.4, 0.5) is 0 Å². The van der Waals surface area contributed by atoms with Gasteiger partial charge in [0.15, 0.2) is 5.17 Å². The van der Waals surface area contributed by atoms with Crippen LogP contribution in [0.3, 0.4) is 0 Å². The molecule has 0 bridgehead atoms. The van der Waals surface area contributed by atoms with Gasteiger partial charge in [0.25, 0.3) is 0 Å². The highest BCUT2D eigenvalue weighted by atomic mass is 32.2. The van der Waals surface area contributed by atoms with E-state index in [0.29, 0.717) is 34.5 Å². The summed E-state index contributed by atoms with van der Waals surface area (Å²) in [6.07, 6.45) is 0.126. The van der Waals surface area contributed by atoms with Crippen LogP contribution in [0.5, 0.6) is 11.5 Å². The summed E-state index contributed by atoms with van der Waals surface area (Å²) in [5, 5.41) is 5.55. The molecule has 0 aliphatic carbocycles. The standard InChI is InChI=1S/C26H27N3O5S/c1-16-23(25(31)34-4)24(20-11-10-19(32-2)13-21(20)33-3)29-18(15-35-26(29)28-16)12-22(30)27-14-17-8-6-5-7-9-17/h5-11,13,15,24H,12,14H2,1-4H3,(H,27,30)/t24-/m0/s1. The van der Waals surface area contributed by atoms with Crippen LogP contribution in [-0.4, -0.2) is 43.3 Å². The Labute approximate surface area is 208 Å². The molecule has 2 aromatic carbocycles. The summed E-state index contributed by atoms with van der Waals surface area (Å²) in [5.74, 6) is 0.559. The van der Waals surface area contributed by atoms with Gasteiger partial charge < -0.3 is 24.4 Å². The number of fused-ring (bicyclic) bond motifs is 1. The predicted molar refractivity (Wildman–Crippen MR) is 135 cm³/mol. The molecule has 8 nitrogen and oxygen atoms in total. The van der Waals surface area contributed by atoms with Crippen LogP contribution in [0.25, 0.3) is 0 Å². The lowest BCUT2D eigenvalue weighted by Crippen LogP contribution is -2.38. The van der Waals surface area contributed by atoms with Gasteiger partial charge in [0, 0.05) is 23.9 Å². The Kier molecular flexibility index (Phi) is 7.45. The Bertz CT molecular complexity index is 1220. The van der Waals surface area contributed by atoms with Crippen molar-refractivity contribution in [2.45, 2.75) is 25.9 Å². The number of rotatable bonds is 8. The number of amides is 1. The minimum absolute atomic E-state index is 0.126. The zero-order valence-corrected chi connectivity index (χ0v) is 20.8. The van der Waals surface area contributed by atoms with Gasteiger partial charge in [-0.1, -0.05) is 42.1 Å². The number of carbonyl (C=O) groups excluding carboxylic acids is 2. The van der Waals surface area contributed by atoms with Crippen LogP contribution in [0, 0.1) is 0 Å². The molecule has 0 saturated heterocycles. The molecule has 0 aromatic heterocycles. The van der Waals surface area contributed by atoms with Gasteiger partial charge in [-0.15, -0.1) is 0 Å². The van der Waals surface area contributed by atoms with E-state index >= 15 is 0 Å². The third-order valence-electron chi connectivity index (χ3n) is 5.82. The average Bonchev–Trinajstić information content (AvgIpc) is 3.28. The van der Waals surface area contributed by atoms with Crippen molar-refractivity contribution in [3.05, 3.63) is 82.0 Å². The Morgan fingerprint density at radius 3 is 2.54 bits per heavy atom. The molecule has 2 aromatic rings. The van der Waals surface area contributed by atoms with E-state index in [4.69, 9.17) is 14.2 Å². The number of hydrogen-bond donors (Lipinski definition) is 1. The third kappa shape index (κ3) is 5.05. The summed E-state index contributed by atoms with van der Waals surface area (Å²) in [4.78, 5) is 32.3. The Hall–Kier alpha value is -3.72. The van der Waals surface area contributed by atoms with E-state index in [-0.39, 0.29) is 12.3 Å². The molecule has 1 atom stereocenters. The summed E-state index contributed by atoms with van der Waals surface area (Å²) >= 11 is 1.42. The smallest absolute Gasteiger partial charge is 0.338 e. The summed E-state index contributed by atoms with van der Waals surface area (Å²) in [7, 11) is 4.49. The average molecular weight is 494 g/mol. The van der Waals surface area contributed by atoms with Crippen LogP contribution in [0.15, 0.2) is 75.9 Å². The van der Waals surface area contributed by atoms with E-state index in [1.165, 1.54) is 18.9 Å². The summed E-state index contributed by atoms with van der Waals surface area (Å²) in [5.41, 5.74) is 3.43. The fourth-order valence-corrected chi connectivity index (χ4v) is 5.07. The zero-order chi connectivity index (χ0) is 24.9.